The standard InChI is InChI=1S/C22H23N3O5/c1-15-10-18(16(2)24(15)13-21-4-3-9-29-21)11-19(12-23)22(26)30-14-17-5-7-20(8-6-17)25(27)28/h5-8,10-11,21H,3-4,9,13-14H2,1-2H3/b19-11+/t21-/m1/s1. The first-order valence-corrected chi connectivity index (χ1v) is 9.69. The zero-order valence-electron chi connectivity index (χ0n) is 17.0. The van der Waals surface area contributed by atoms with Crippen LogP contribution >= 0.6 is 0 Å². The fraction of sp³-hybridized carbons (Fsp3) is 0.364. The van der Waals surface area contributed by atoms with Crippen LogP contribution in [0.25, 0.3) is 6.08 Å². The lowest BCUT2D eigenvalue weighted by Gasteiger charge is -2.14. The number of non-ortho nitro benzene ring substituents is 1. The second-order valence-corrected chi connectivity index (χ2v) is 7.24. The van der Waals surface area contributed by atoms with Crippen molar-refractivity contribution < 1.29 is 19.2 Å². The molecule has 1 aliphatic rings. The first-order chi connectivity index (χ1) is 14.4. The Hall–Kier alpha value is -3.44. The van der Waals surface area contributed by atoms with Gasteiger partial charge < -0.3 is 14.0 Å². The van der Waals surface area contributed by atoms with Gasteiger partial charge in [-0.05, 0) is 62.1 Å². The molecule has 0 spiro atoms. The summed E-state index contributed by atoms with van der Waals surface area (Å²) in [4.78, 5) is 22.6. The molecule has 156 valence electrons. The van der Waals surface area contributed by atoms with Crippen LogP contribution in [0.2, 0.25) is 0 Å². The number of nitrogens with zero attached hydrogens (tertiary/aromatic N) is 3. The number of hydrogen-bond acceptors (Lipinski definition) is 6. The van der Waals surface area contributed by atoms with Gasteiger partial charge in [-0.2, -0.15) is 5.26 Å². The highest BCUT2D eigenvalue weighted by Gasteiger charge is 2.19. The first-order valence-electron chi connectivity index (χ1n) is 9.69. The van der Waals surface area contributed by atoms with Gasteiger partial charge in [0, 0.05) is 36.7 Å². The molecular formula is C22H23N3O5. The summed E-state index contributed by atoms with van der Waals surface area (Å²) >= 11 is 0. The average molecular weight is 409 g/mol. The number of aromatic nitrogens is 1. The number of hydrogen-bond donors (Lipinski definition) is 0. The van der Waals surface area contributed by atoms with Crippen LogP contribution in [0, 0.1) is 35.3 Å². The minimum absolute atomic E-state index is 0.0407. The van der Waals surface area contributed by atoms with Crippen LogP contribution in [-0.2, 0) is 27.4 Å². The molecule has 0 bridgehead atoms. The molecule has 3 rings (SSSR count). The Morgan fingerprint density at radius 3 is 2.73 bits per heavy atom. The summed E-state index contributed by atoms with van der Waals surface area (Å²) in [6.07, 6.45) is 3.82. The monoisotopic (exact) mass is 409 g/mol. The summed E-state index contributed by atoms with van der Waals surface area (Å²) in [7, 11) is 0. The van der Waals surface area contributed by atoms with Gasteiger partial charge in [-0.25, -0.2) is 4.79 Å². The van der Waals surface area contributed by atoms with Gasteiger partial charge in [0.05, 0.1) is 11.0 Å². The van der Waals surface area contributed by atoms with Crippen molar-refractivity contribution in [3.8, 4) is 6.07 Å². The smallest absolute Gasteiger partial charge is 0.349 e. The maximum absolute atomic E-state index is 12.4. The third-order valence-electron chi connectivity index (χ3n) is 5.18. The Kier molecular flexibility index (Phi) is 6.65. The van der Waals surface area contributed by atoms with E-state index in [1.807, 2.05) is 26.0 Å². The van der Waals surface area contributed by atoms with Gasteiger partial charge in [0.15, 0.2) is 0 Å². The van der Waals surface area contributed by atoms with Crippen LogP contribution in [0.5, 0.6) is 0 Å². The first kappa shape index (κ1) is 21.3. The average Bonchev–Trinajstić information content (AvgIpc) is 3.34. The van der Waals surface area contributed by atoms with E-state index in [0.29, 0.717) is 5.56 Å². The molecule has 0 amide bonds. The summed E-state index contributed by atoms with van der Waals surface area (Å²) in [5, 5.41) is 20.1. The Balaban J connectivity index is 1.69. The van der Waals surface area contributed by atoms with Crippen LogP contribution in [0.15, 0.2) is 35.9 Å². The van der Waals surface area contributed by atoms with E-state index in [0.717, 1.165) is 42.9 Å². The topological polar surface area (TPSA) is 107 Å². The summed E-state index contributed by atoms with van der Waals surface area (Å²) < 4.78 is 13.1. The number of rotatable bonds is 7. The SMILES string of the molecule is Cc1cc(/C=C(\C#N)C(=O)OCc2ccc([N+](=O)[O-])cc2)c(C)n1C[C@H]1CCCO1. The molecule has 1 fully saturated rings. The molecule has 0 saturated carbocycles. The quantitative estimate of drug-likeness (QED) is 0.226. The Morgan fingerprint density at radius 1 is 1.40 bits per heavy atom. The summed E-state index contributed by atoms with van der Waals surface area (Å²) in [6, 6.07) is 9.55. The van der Waals surface area contributed by atoms with Gasteiger partial charge in [0.2, 0.25) is 0 Å². The largest absolute Gasteiger partial charge is 0.457 e. The number of aryl methyl sites for hydroxylation is 1. The van der Waals surface area contributed by atoms with Gasteiger partial charge in [0.1, 0.15) is 18.2 Å². The van der Waals surface area contributed by atoms with Crippen molar-refractivity contribution in [1.29, 1.82) is 5.26 Å². The Bertz CT molecular complexity index is 1010. The summed E-state index contributed by atoms with van der Waals surface area (Å²) in [5.41, 5.74) is 3.23. The molecule has 1 atom stereocenters. The van der Waals surface area contributed by atoms with E-state index in [1.54, 1.807) is 0 Å². The lowest BCUT2D eigenvalue weighted by Crippen LogP contribution is -2.16. The molecule has 0 aliphatic carbocycles. The number of carbonyl (C=O) groups excluding carboxylic acids is 1. The van der Waals surface area contributed by atoms with Crippen LogP contribution in [0.4, 0.5) is 5.69 Å². The van der Waals surface area contributed by atoms with Crippen molar-refractivity contribution in [3.05, 3.63) is 68.5 Å². The molecule has 30 heavy (non-hydrogen) atoms. The maximum atomic E-state index is 12.4. The predicted octanol–water partition coefficient (Wildman–Crippen LogP) is 3.84. The van der Waals surface area contributed by atoms with Gasteiger partial charge in [0.25, 0.3) is 5.69 Å². The summed E-state index contributed by atoms with van der Waals surface area (Å²) in [5.74, 6) is -0.736. The molecule has 2 aromatic rings. The number of ether oxygens (including phenoxy) is 2. The molecule has 0 N–H and O–H groups in total. The molecule has 0 radical (unpaired) electrons. The van der Waals surface area contributed by atoms with Crippen LogP contribution < -0.4 is 0 Å². The Morgan fingerprint density at radius 2 is 2.13 bits per heavy atom. The van der Waals surface area contributed by atoms with E-state index in [4.69, 9.17) is 9.47 Å². The van der Waals surface area contributed by atoms with Crippen molar-refractivity contribution >= 4 is 17.7 Å². The third kappa shape index (κ3) is 4.93. The molecule has 2 heterocycles. The zero-order chi connectivity index (χ0) is 21.7. The Labute approximate surface area is 174 Å². The lowest BCUT2D eigenvalue weighted by atomic mass is 10.1. The fourth-order valence-electron chi connectivity index (χ4n) is 3.48. The predicted molar refractivity (Wildman–Crippen MR) is 109 cm³/mol. The second kappa shape index (κ2) is 9.37. The second-order valence-electron chi connectivity index (χ2n) is 7.24. The van der Waals surface area contributed by atoms with Gasteiger partial charge in [-0.15, -0.1) is 0 Å². The van der Waals surface area contributed by atoms with Crippen LogP contribution in [0.1, 0.15) is 35.4 Å². The van der Waals surface area contributed by atoms with Crippen molar-refractivity contribution in [1.82, 2.24) is 4.57 Å². The number of benzene rings is 1. The minimum Gasteiger partial charge on any atom is -0.457 e. The van der Waals surface area contributed by atoms with Gasteiger partial charge in [-0.3, -0.25) is 10.1 Å². The molecule has 1 aromatic carbocycles. The molecule has 8 nitrogen and oxygen atoms in total. The number of nitro benzene ring substituents is 1. The highest BCUT2D eigenvalue weighted by Crippen LogP contribution is 2.22. The van der Waals surface area contributed by atoms with E-state index in [1.165, 1.54) is 30.3 Å². The van der Waals surface area contributed by atoms with Crippen LogP contribution in [0.3, 0.4) is 0 Å². The fourth-order valence-corrected chi connectivity index (χ4v) is 3.48. The van der Waals surface area contributed by atoms with Crippen molar-refractivity contribution in [2.24, 2.45) is 0 Å². The number of esters is 1. The molecule has 1 aliphatic heterocycles. The number of carbonyl (C=O) groups is 1. The van der Waals surface area contributed by atoms with Gasteiger partial charge in [-0.1, -0.05) is 0 Å². The van der Waals surface area contributed by atoms with E-state index in [-0.39, 0.29) is 24.0 Å². The molecule has 0 unspecified atom stereocenters. The third-order valence-corrected chi connectivity index (χ3v) is 5.18. The van der Waals surface area contributed by atoms with E-state index < -0.39 is 10.9 Å². The molecule has 1 saturated heterocycles. The van der Waals surface area contributed by atoms with Crippen molar-refractivity contribution in [2.45, 2.75) is 45.9 Å². The van der Waals surface area contributed by atoms with Crippen molar-refractivity contribution in [3.63, 3.8) is 0 Å². The van der Waals surface area contributed by atoms with E-state index in [2.05, 4.69) is 4.57 Å². The summed E-state index contributed by atoms with van der Waals surface area (Å²) in [6.45, 7) is 5.39. The zero-order valence-corrected chi connectivity index (χ0v) is 17.0. The maximum Gasteiger partial charge on any atom is 0.349 e. The lowest BCUT2D eigenvalue weighted by molar-refractivity contribution is -0.384. The van der Waals surface area contributed by atoms with Gasteiger partial charge >= 0.3 is 5.97 Å². The normalized spacial score (nSPS) is 16.3. The molecular weight excluding hydrogens is 386 g/mol. The van der Waals surface area contributed by atoms with E-state index >= 15 is 0 Å². The minimum atomic E-state index is -0.736. The van der Waals surface area contributed by atoms with E-state index in [9.17, 15) is 20.2 Å². The molecule has 1 aromatic heterocycles. The molecule has 8 heteroatoms. The highest BCUT2D eigenvalue weighted by atomic mass is 16.6. The highest BCUT2D eigenvalue weighted by molar-refractivity contribution is 5.98. The number of nitro groups is 1. The number of nitriles is 1. The van der Waals surface area contributed by atoms with Crippen LogP contribution in [-0.4, -0.2) is 28.2 Å². The van der Waals surface area contributed by atoms with Crippen molar-refractivity contribution in [2.75, 3.05) is 6.61 Å².